The van der Waals surface area contributed by atoms with Crippen molar-refractivity contribution in [2.24, 2.45) is 26.4 Å². The lowest BCUT2D eigenvalue weighted by atomic mass is 9.83. The molecule has 8 nitrogen and oxygen atoms in total. The molecule has 0 atom stereocenters. The number of carboxylic acids is 1. The van der Waals surface area contributed by atoms with E-state index in [1.54, 1.807) is 30.4 Å². The van der Waals surface area contributed by atoms with Crippen LogP contribution >= 0.6 is 0 Å². The van der Waals surface area contributed by atoms with Crippen LogP contribution < -0.4 is 11.5 Å². The Bertz CT molecular complexity index is 1910. The molecule has 0 saturated carbocycles. The van der Waals surface area contributed by atoms with E-state index in [1.165, 1.54) is 0 Å². The van der Waals surface area contributed by atoms with Crippen molar-refractivity contribution < 1.29 is 9.90 Å². The third-order valence-electron chi connectivity index (χ3n) is 7.19. The highest BCUT2D eigenvalue weighted by Crippen LogP contribution is 2.42. The first-order chi connectivity index (χ1) is 19.9. The SMILES string of the molecule is Nc1ccc(N=Nc2ccccc2C2(N=Nc3ccc(N)c4ccccc34)C=CC(C(=O)O)C=C2)c2ccccc12. The second kappa shape index (κ2) is 10.5. The van der Waals surface area contributed by atoms with Gasteiger partial charge in [-0.1, -0.05) is 78.9 Å². The van der Waals surface area contributed by atoms with Crippen molar-refractivity contribution in [3.8, 4) is 0 Å². The number of anilines is 2. The first-order valence-corrected chi connectivity index (χ1v) is 13.1. The van der Waals surface area contributed by atoms with Crippen molar-refractivity contribution in [1.29, 1.82) is 0 Å². The van der Waals surface area contributed by atoms with Crippen LogP contribution in [0.5, 0.6) is 0 Å². The summed E-state index contributed by atoms with van der Waals surface area (Å²) in [4.78, 5) is 11.7. The van der Waals surface area contributed by atoms with E-state index in [0.29, 0.717) is 34.0 Å². The minimum absolute atomic E-state index is 0.567. The Labute approximate surface area is 236 Å². The minimum Gasteiger partial charge on any atom is -0.481 e. The summed E-state index contributed by atoms with van der Waals surface area (Å²) >= 11 is 0. The average molecular weight is 539 g/mol. The monoisotopic (exact) mass is 538 g/mol. The maximum Gasteiger partial charge on any atom is 0.314 e. The van der Waals surface area contributed by atoms with Crippen molar-refractivity contribution in [3.05, 3.63) is 127 Å². The van der Waals surface area contributed by atoms with Gasteiger partial charge in [-0.3, -0.25) is 4.79 Å². The highest BCUT2D eigenvalue weighted by molar-refractivity contribution is 6.00. The van der Waals surface area contributed by atoms with E-state index in [0.717, 1.165) is 21.5 Å². The molecule has 6 rings (SSSR count). The third kappa shape index (κ3) is 4.83. The number of hydrogen-bond acceptors (Lipinski definition) is 7. The predicted molar refractivity (Wildman–Crippen MR) is 163 cm³/mol. The highest BCUT2D eigenvalue weighted by Gasteiger charge is 2.33. The molecule has 0 unspecified atom stereocenters. The lowest BCUT2D eigenvalue weighted by Crippen LogP contribution is -2.23. The van der Waals surface area contributed by atoms with E-state index < -0.39 is 17.4 Å². The van der Waals surface area contributed by atoms with Crippen molar-refractivity contribution >= 4 is 56.0 Å². The molecule has 0 radical (unpaired) electrons. The molecule has 0 aromatic heterocycles. The van der Waals surface area contributed by atoms with Gasteiger partial charge in [0.25, 0.3) is 0 Å². The largest absolute Gasteiger partial charge is 0.481 e. The van der Waals surface area contributed by atoms with Gasteiger partial charge >= 0.3 is 5.97 Å². The average Bonchev–Trinajstić information content (AvgIpc) is 3.01. The first-order valence-electron chi connectivity index (χ1n) is 13.1. The lowest BCUT2D eigenvalue weighted by molar-refractivity contribution is -0.138. The maximum absolute atomic E-state index is 11.7. The van der Waals surface area contributed by atoms with Gasteiger partial charge < -0.3 is 16.6 Å². The molecular formula is C33H26N6O2. The van der Waals surface area contributed by atoms with E-state index >= 15 is 0 Å². The Morgan fingerprint density at radius 1 is 0.610 bits per heavy atom. The zero-order chi connectivity index (χ0) is 28.4. The van der Waals surface area contributed by atoms with Gasteiger partial charge in [0, 0.05) is 38.5 Å². The van der Waals surface area contributed by atoms with E-state index in [9.17, 15) is 9.90 Å². The fraction of sp³-hybridized carbons (Fsp3) is 0.0606. The number of nitrogens with zero attached hydrogens (tertiary/aromatic N) is 4. The summed E-state index contributed by atoms with van der Waals surface area (Å²) in [6, 6.07) is 30.3. The van der Waals surface area contributed by atoms with Crippen molar-refractivity contribution in [3.63, 3.8) is 0 Å². The van der Waals surface area contributed by atoms with Crippen LogP contribution in [0.25, 0.3) is 21.5 Å². The van der Waals surface area contributed by atoms with Gasteiger partial charge in [0.15, 0.2) is 0 Å². The molecule has 5 aromatic rings. The summed E-state index contributed by atoms with van der Waals surface area (Å²) in [6.45, 7) is 0. The molecule has 5 aromatic carbocycles. The van der Waals surface area contributed by atoms with Gasteiger partial charge in [0.05, 0.1) is 23.0 Å². The molecule has 200 valence electrons. The standard InChI is InChI=1S/C33H26N6O2/c34-27-13-15-29(24-9-3-1-7-22(24)27)36-37-31-12-6-5-11-26(31)33(19-17-21(18-20-33)32(40)41)39-38-30-16-14-28(35)23-8-2-4-10-25(23)30/h1-21H,34-35H2,(H,40,41). The van der Waals surface area contributed by atoms with Gasteiger partial charge in [-0.05, 0) is 42.5 Å². The predicted octanol–water partition coefficient (Wildman–Crippen LogP) is 8.38. The molecular weight excluding hydrogens is 512 g/mol. The van der Waals surface area contributed by atoms with Gasteiger partial charge in [0.1, 0.15) is 5.54 Å². The number of fused-ring (bicyclic) bond motifs is 2. The second-order valence-corrected chi connectivity index (χ2v) is 9.76. The van der Waals surface area contributed by atoms with E-state index in [2.05, 4.69) is 15.3 Å². The molecule has 8 heteroatoms. The number of azo groups is 2. The van der Waals surface area contributed by atoms with Gasteiger partial charge in [-0.15, -0.1) is 5.11 Å². The van der Waals surface area contributed by atoms with Crippen LogP contribution in [0.2, 0.25) is 0 Å². The number of nitrogen functional groups attached to an aromatic ring is 2. The number of aliphatic carboxylic acids is 1. The van der Waals surface area contributed by atoms with E-state index in [-0.39, 0.29) is 0 Å². The van der Waals surface area contributed by atoms with E-state index in [4.69, 9.17) is 16.6 Å². The third-order valence-corrected chi connectivity index (χ3v) is 7.19. The van der Waals surface area contributed by atoms with Crippen LogP contribution in [0.15, 0.2) is 142 Å². The van der Waals surface area contributed by atoms with E-state index in [1.807, 2.05) is 91.0 Å². The first kappa shape index (κ1) is 25.6. The summed E-state index contributed by atoms with van der Waals surface area (Å²) in [5.74, 6) is -1.72. The maximum atomic E-state index is 11.7. The number of carbonyl (C=O) groups is 1. The topological polar surface area (TPSA) is 139 Å². The number of nitrogens with two attached hydrogens (primary N) is 2. The Morgan fingerprint density at radius 2 is 1.10 bits per heavy atom. The Balaban J connectivity index is 1.47. The Hall–Kier alpha value is -5.63. The molecule has 41 heavy (non-hydrogen) atoms. The van der Waals surface area contributed by atoms with Crippen molar-refractivity contribution in [2.75, 3.05) is 11.5 Å². The second-order valence-electron chi connectivity index (χ2n) is 9.76. The molecule has 0 aliphatic heterocycles. The fourth-order valence-corrected chi connectivity index (χ4v) is 5.02. The Kier molecular flexibility index (Phi) is 6.57. The van der Waals surface area contributed by atoms with Crippen LogP contribution in [-0.2, 0) is 10.3 Å². The van der Waals surface area contributed by atoms with Crippen molar-refractivity contribution in [1.82, 2.24) is 0 Å². The number of benzene rings is 5. The normalized spacial score (nSPS) is 18.6. The number of hydrogen-bond donors (Lipinski definition) is 3. The zero-order valence-corrected chi connectivity index (χ0v) is 21.9. The molecule has 5 N–H and O–H groups in total. The fourth-order valence-electron chi connectivity index (χ4n) is 5.02. The zero-order valence-electron chi connectivity index (χ0n) is 21.9. The van der Waals surface area contributed by atoms with Crippen LogP contribution in [0.3, 0.4) is 0 Å². The molecule has 0 fully saturated rings. The summed E-state index contributed by atoms with van der Waals surface area (Å²) in [5.41, 5.74) is 15.1. The van der Waals surface area contributed by atoms with Crippen LogP contribution in [0, 0.1) is 5.92 Å². The molecule has 0 spiro atoms. The molecule has 0 saturated heterocycles. The number of rotatable bonds is 6. The van der Waals surface area contributed by atoms with Gasteiger partial charge in [0.2, 0.25) is 0 Å². The Morgan fingerprint density at radius 3 is 1.68 bits per heavy atom. The molecule has 0 bridgehead atoms. The summed E-state index contributed by atoms with van der Waals surface area (Å²) in [7, 11) is 0. The summed E-state index contributed by atoms with van der Waals surface area (Å²) in [6.07, 6.45) is 6.73. The van der Waals surface area contributed by atoms with Gasteiger partial charge in [-0.2, -0.15) is 15.3 Å². The highest BCUT2D eigenvalue weighted by atomic mass is 16.4. The van der Waals surface area contributed by atoms with Crippen molar-refractivity contribution in [2.45, 2.75) is 5.54 Å². The molecule has 1 aliphatic carbocycles. The quantitative estimate of drug-likeness (QED) is 0.113. The molecule has 1 aliphatic rings. The smallest absolute Gasteiger partial charge is 0.314 e. The molecule has 0 amide bonds. The molecule has 0 heterocycles. The lowest BCUT2D eigenvalue weighted by Gasteiger charge is -2.26. The van der Waals surface area contributed by atoms with Crippen LogP contribution in [-0.4, -0.2) is 11.1 Å². The van der Waals surface area contributed by atoms with Crippen LogP contribution in [0.1, 0.15) is 5.56 Å². The minimum atomic E-state index is -1.12. The van der Waals surface area contributed by atoms with Gasteiger partial charge in [-0.25, -0.2) is 0 Å². The summed E-state index contributed by atoms with van der Waals surface area (Å²) < 4.78 is 0. The summed E-state index contributed by atoms with van der Waals surface area (Å²) in [5, 5.41) is 31.8. The van der Waals surface area contributed by atoms with Crippen LogP contribution in [0.4, 0.5) is 28.4 Å². The number of carboxylic acid groups (broad SMARTS) is 1.